The molecule has 0 amide bonds. The molecule has 1 aliphatic rings. The van der Waals surface area contributed by atoms with Gasteiger partial charge in [-0.15, -0.1) is 0 Å². The smallest absolute Gasteiger partial charge is 0.162 e. The number of aryl methyl sites for hydroxylation is 1. The number of nitrogens with one attached hydrogen (secondary N) is 2. The van der Waals surface area contributed by atoms with Gasteiger partial charge < -0.3 is 20.0 Å². The third-order valence-corrected chi connectivity index (χ3v) is 4.14. The van der Waals surface area contributed by atoms with E-state index in [1.165, 1.54) is 0 Å². The van der Waals surface area contributed by atoms with Crippen LogP contribution in [-0.2, 0) is 6.42 Å². The Labute approximate surface area is 128 Å². The number of imidazole rings is 2. The monoisotopic (exact) mass is 309 g/mol. The normalized spacial score (nSPS) is 22.0. The molecule has 2 aromatic heterocycles. The summed E-state index contributed by atoms with van der Waals surface area (Å²) >= 11 is 6.28. The number of H-pyrrole nitrogens is 1. The molecule has 7 heteroatoms. The highest BCUT2D eigenvalue weighted by Gasteiger charge is 2.29. The fourth-order valence-corrected chi connectivity index (χ4v) is 2.94. The number of unbranched alkanes of at least 4 members (excludes halogenated alkanes) is 1. The van der Waals surface area contributed by atoms with Crippen LogP contribution in [0.1, 0.15) is 31.6 Å². The van der Waals surface area contributed by atoms with Crippen LogP contribution in [0.15, 0.2) is 12.4 Å². The summed E-state index contributed by atoms with van der Waals surface area (Å²) in [6.07, 6.45) is 6.23. The Balaban J connectivity index is 1.90. The van der Waals surface area contributed by atoms with E-state index in [2.05, 4.69) is 27.2 Å². The third-order valence-electron chi connectivity index (χ3n) is 3.86. The lowest BCUT2D eigenvalue weighted by Gasteiger charge is -2.17. The standard InChI is InChI=1S/C14H20ClN5O/c1-2-3-4-11-18-12(13(15)19-11)14-17-5-6-20(14)9-7-16-8-10(9)21/h5-6,9-10,16,21H,2-4,7-8H2,1H3,(H,18,19)/t9-,10+/m1/s1. The summed E-state index contributed by atoms with van der Waals surface area (Å²) in [5.41, 5.74) is 0.659. The van der Waals surface area contributed by atoms with Crippen molar-refractivity contribution in [2.45, 2.75) is 38.3 Å². The van der Waals surface area contributed by atoms with Crippen LogP contribution >= 0.6 is 11.6 Å². The Morgan fingerprint density at radius 3 is 3.05 bits per heavy atom. The van der Waals surface area contributed by atoms with Gasteiger partial charge in [-0.25, -0.2) is 9.97 Å². The first kappa shape index (κ1) is 14.6. The second-order valence-electron chi connectivity index (χ2n) is 5.40. The second kappa shape index (κ2) is 6.17. The van der Waals surface area contributed by atoms with Gasteiger partial charge in [0.2, 0.25) is 0 Å². The van der Waals surface area contributed by atoms with E-state index in [1.54, 1.807) is 6.20 Å². The van der Waals surface area contributed by atoms with Gasteiger partial charge in [0.05, 0.1) is 12.1 Å². The SMILES string of the molecule is CCCCc1nc(-c2nccn2[C@@H]2CNC[C@@H]2O)c(Cl)[nH]1. The molecule has 1 aliphatic heterocycles. The number of aromatic amines is 1. The van der Waals surface area contributed by atoms with Crippen LogP contribution in [-0.4, -0.2) is 43.8 Å². The van der Waals surface area contributed by atoms with E-state index in [-0.39, 0.29) is 6.04 Å². The summed E-state index contributed by atoms with van der Waals surface area (Å²) < 4.78 is 1.95. The molecule has 114 valence electrons. The number of nitrogens with zero attached hydrogens (tertiary/aromatic N) is 3. The molecule has 0 radical (unpaired) electrons. The van der Waals surface area contributed by atoms with E-state index in [0.29, 0.717) is 23.2 Å². The van der Waals surface area contributed by atoms with E-state index in [9.17, 15) is 5.11 Å². The molecule has 0 aliphatic carbocycles. The first-order valence-corrected chi connectivity index (χ1v) is 7.75. The second-order valence-corrected chi connectivity index (χ2v) is 5.78. The molecule has 1 saturated heterocycles. The van der Waals surface area contributed by atoms with Crippen molar-refractivity contribution in [2.75, 3.05) is 13.1 Å². The molecule has 0 saturated carbocycles. The first-order chi connectivity index (χ1) is 10.2. The van der Waals surface area contributed by atoms with Crippen molar-refractivity contribution in [1.82, 2.24) is 24.8 Å². The molecule has 21 heavy (non-hydrogen) atoms. The fraction of sp³-hybridized carbons (Fsp3) is 0.571. The van der Waals surface area contributed by atoms with Gasteiger partial charge >= 0.3 is 0 Å². The summed E-state index contributed by atoms with van der Waals surface area (Å²) in [5.74, 6) is 1.59. The maximum Gasteiger partial charge on any atom is 0.162 e. The number of aliphatic hydroxyl groups excluding tert-OH is 1. The van der Waals surface area contributed by atoms with Crippen molar-refractivity contribution in [1.29, 1.82) is 0 Å². The van der Waals surface area contributed by atoms with Gasteiger partial charge in [-0.3, -0.25) is 0 Å². The van der Waals surface area contributed by atoms with Crippen molar-refractivity contribution in [2.24, 2.45) is 0 Å². The minimum atomic E-state index is -0.421. The molecule has 0 unspecified atom stereocenters. The van der Waals surface area contributed by atoms with Crippen LogP contribution in [0, 0.1) is 0 Å². The molecule has 0 bridgehead atoms. The molecule has 3 N–H and O–H groups in total. The number of hydrogen-bond acceptors (Lipinski definition) is 4. The van der Waals surface area contributed by atoms with Gasteiger partial charge in [0.25, 0.3) is 0 Å². The van der Waals surface area contributed by atoms with Crippen LogP contribution < -0.4 is 5.32 Å². The Hall–Kier alpha value is -1.37. The van der Waals surface area contributed by atoms with Crippen LogP contribution in [0.25, 0.3) is 11.5 Å². The van der Waals surface area contributed by atoms with Crippen molar-refractivity contribution >= 4 is 11.6 Å². The van der Waals surface area contributed by atoms with Crippen molar-refractivity contribution < 1.29 is 5.11 Å². The van der Waals surface area contributed by atoms with Gasteiger partial charge in [0, 0.05) is 31.9 Å². The Bertz CT molecular complexity index is 608. The van der Waals surface area contributed by atoms with Gasteiger partial charge in [-0.05, 0) is 6.42 Å². The predicted molar refractivity (Wildman–Crippen MR) is 81.3 cm³/mol. The highest BCUT2D eigenvalue weighted by Crippen LogP contribution is 2.28. The zero-order valence-electron chi connectivity index (χ0n) is 12.0. The lowest BCUT2D eigenvalue weighted by Crippen LogP contribution is -2.22. The molecule has 2 atom stereocenters. The maximum absolute atomic E-state index is 10.1. The fourth-order valence-electron chi connectivity index (χ4n) is 2.71. The van der Waals surface area contributed by atoms with E-state index >= 15 is 0 Å². The molecular weight excluding hydrogens is 290 g/mol. The third kappa shape index (κ3) is 2.84. The van der Waals surface area contributed by atoms with E-state index < -0.39 is 6.10 Å². The number of halogens is 1. The average molecular weight is 310 g/mol. The van der Waals surface area contributed by atoms with E-state index in [0.717, 1.165) is 31.6 Å². The van der Waals surface area contributed by atoms with E-state index in [4.69, 9.17) is 11.6 Å². The molecular formula is C14H20ClN5O. The van der Waals surface area contributed by atoms with Gasteiger partial charge in [0.15, 0.2) is 5.82 Å². The maximum atomic E-state index is 10.1. The lowest BCUT2D eigenvalue weighted by molar-refractivity contribution is 0.151. The zero-order valence-corrected chi connectivity index (χ0v) is 12.8. The number of aromatic nitrogens is 4. The first-order valence-electron chi connectivity index (χ1n) is 7.37. The minimum Gasteiger partial charge on any atom is -0.390 e. The number of aliphatic hydroxyl groups is 1. The summed E-state index contributed by atoms with van der Waals surface area (Å²) in [6, 6.07) is -0.0330. The highest BCUT2D eigenvalue weighted by molar-refractivity contribution is 6.31. The number of β-amino-alcohol motifs (C(OH)–C–C–N with tert-alkyl or cyclic N) is 1. The van der Waals surface area contributed by atoms with Gasteiger partial charge in [0.1, 0.15) is 16.7 Å². The highest BCUT2D eigenvalue weighted by atomic mass is 35.5. The zero-order chi connectivity index (χ0) is 14.8. The van der Waals surface area contributed by atoms with Crippen LogP contribution in [0.5, 0.6) is 0 Å². The quantitative estimate of drug-likeness (QED) is 0.786. The molecule has 3 heterocycles. The molecule has 2 aromatic rings. The van der Waals surface area contributed by atoms with Crippen molar-refractivity contribution in [3.8, 4) is 11.5 Å². The molecule has 0 aromatic carbocycles. The van der Waals surface area contributed by atoms with Gasteiger partial charge in [-0.2, -0.15) is 0 Å². The Morgan fingerprint density at radius 1 is 1.48 bits per heavy atom. The number of rotatable bonds is 5. The van der Waals surface area contributed by atoms with Crippen LogP contribution in [0.4, 0.5) is 0 Å². The van der Waals surface area contributed by atoms with Crippen molar-refractivity contribution in [3.63, 3.8) is 0 Å². The van der Waals surface area contributed by atoms with E-state index in [1.807, 2.05) is 10.8 Å². The molecule has 0 spiro atoms. The summed E-state index contributed by atoms with van der Waals surface area (Å²) in [4.78, 5) is 12.1. The summed E-state index contributed by atoms with van der Waals surface area (Å²) in [5, 5.41) is 13.7. The molecule has 6 nitrogen and oxygen atoms in total. The summed E-state index contributed by atoms with van der Waals surface area (Å²) in [6.45, 7) is 3.46. The van der Waals surface area contributed by atoms with Crippen LogP contribution in [0.3, 0.4) is 0 Å². The minimum absolute atomic E-state index is 0.0330. The predicted octanol–water partition coefficient (Wildman–Crippen LogP) is 1.77. The molecule has 3 rings (SSSR count). The molecule has 1 fully saturated rings. The average Bonchev–Trinajstić information content (AvgIpc) is 3.15. The summed E-state index contributed by atoms with van der Waals surface area (Å²) in [7, 11) is 0. The Kier molecular flexibility index (Phi) is 4.28. The topological polar surface area (TPSA) is 78.8 Å². The van der Waals surface area contributed by atoms with Gasteiger partial charge in [-0.1, -0.05) is 24.9 Å². The largest absolute Gasteiger partial charge is 0.390 e. The number of hydrogen-bond donors (Lipinski definition) is 3. The lowest BCUT2D eigenvalue weighted by atomic mass is 10.2. The Morgan fingerprint density at radius 2 is 2.33 bits per heavy atom. The van der Waals surface area contributed by atoms with Crippen LogP contribution in [0.2, 0.25) is 5.15 Å². The van der Waals surface area contributed by atoms with Crippen molar-refractivity contribution in [3.05, 3.63) is 23.4 Å².